The first-order valence-corrected chi connectivity index (χ1v) is 5.14. The molecule has 0 aromatic rings. The molecule has 1 aliphatic heterocycles. The first kappa shape index (κ1) is 11.8. The van der Waals surface area contributed by atoms with Gasteiger partial charge in [-0.1, -0.05) is 6.42 Å². The van der Waals surface area contributed by atoms with E-state index in [2.05, 4.69) is 5.32 Å². The number of carbonyl (C=O) groups excluding carboxylic acids is 1. The van der Waals surface area contributed by atoms with Crippen LogP contribution >= 0.6 is 12.4 Å². The molecule has 0 spiro atoms. The van der Waals surface area contributed by atoms with Crippen molar-refractivity contribution < 1.29 is 9.53 Å². The van der Waals surface area contributed by atoms with Gasteiger partial charge in [0.15, 0.2) is 0 Å². The first-order chi connectivity index (χ1) is 6.33. The molecule has 1 heterocycles. The quantitative estimate of drug-likeness (QED) is 0.677. The third-order valence-corrected chi connectivity index (χ3v) is 3.43. The van der Waals surface area contributed by atoms with Gasteiger partial charge in [-0.15, -0.1) is 12.4 Å². The Morgan fingerprint density at radius 3 is 2.79 bits per heavy atom. The fourth-order valence-corrected chi connectivity index (χ4v) is 2.79. The van der Waals surface area contributed by atoms with Gasteiger partial charge in [0.2, 0.25) is 0 Å². The SMILES string of the molecule is COC(=O)[C@@H]1[C@@H]2CCC[C@H]1NCC2.Cl. The van der Waals surface area contributed by atoms with Crippen LogP contribution in [0.5, 0.6) is 0 Å². The first-order valence-electron chi connectivity index (χ1n) is 5.14. The standard InChI is InChI=1S/C10H17NO2.ClH/c1-13-10(12)9-7-3-2-4-8(9)11-6-5-7;/h7-9,11H,2-6H2,1H3;1H/t7-,8-,9-;/m1./s1. The Morgan fingerprint density at radius 1 is 1.36 bits per heavy atom. The molecule has 3 atom stereocenters. The number of rotatable bonds is 1. The summed E-state index contributed by atoms with van der Waals surface area (Å²) in [6.45, 7) is 1.07. The van der Waals surface area contributed by atoms with Crippen LogP contribution in [-0.4, -0.2) is 25.7 Å². The summed E-state index contributed by atoms with van der Waals surface area (Å²) in [5.74, 6) is 0.696. The topological polar surface area (TPSA) is 38.3 Å². The van der Waals surface area contributed by atoms with Crippen molar-refractivity contribution >= 4 is 18.4 Å². The number of methoxy groups -OCH3 is 1. The normalized spacial score (nSPS) is 35.6. The maximum absolute atomic E-state index is 11.5. The van der Waals surface area contributed by atoms with Crippen molar-refractivity contribution in [1.82, 2.24) is 5.32 Å². The highest BCUT2D eigenvalue weighted by Gasteiger charge is 2.41. The summed E-state index contributed by atoms with van der Waals surface area (Å²) < 4.78 is 4.85. The third kappa shape index (κ3) is 2.04. The fourth-order valence-electron chi connectivity index (χ4n) is 2.79. The van der Waals surface area contributed by atoms with E-state index in [0.717, 1.165) is 19.4 Å². The number of fused-ring (bicyclic) bond motifs is 2. The zero-order valence-corrected chi connectivity index (χ0v) is 9.31. The van der Waals surface area contributed by atoms with Crippen LogP contribution in [0.15, 0.2) is 0 Å². The largest absolute Gasteiger partial charge is 0.469 e. The number of carbonyl (C=O) groups is 1. The number of esters is 1. The van der Waals surface area contributed by atoms with Crippen molar-refractivity contribution in [3.05, 3.63) is 0 Å². The highest BCUT2D eigenvalue weighted by molar-refractivity contribution is 5.85. The lowest BCUT2D eigenvalue weighted by Gasteiger charge is -2.41. The van der Waals surface area contributed by atoms with E-state index in [4.69, 9.17) is 4.74 Å². The van der Waals surface area contributed by atoms with Crippen molar-refractivity contribution in [3.63, 3.8) is 0 Å². The average Bonchev–Trinajstić information content (AvgIpc) is 2.15. The molecule has 0 radical (unpaired) electrons. The average molecular weight is 220 g/mol. The summed E-state index contributed by atoms with van der Waals surface area (Å²) in [6, 6.07) is 0.389. The van der Waals surface area contributed by atoms with E-state index in [1.165, 1.54) is 20.0 Å². The molecule has 3 nitrogen and oxygen atoms in total. The summed E-state index contributed by atoms with van der Waals surface area (Å²) >= 11 is 0. The molecule has 1 N–H and O–H groups in total. The van der Waals surface area contributed by atoms with Gasteiger partial charge in [-0.2, -0.15) is 0 Å². The minimum absolute atomic E-state index is 0. The molecule has 0 aromatic carbocycles. The van der Waals surface area contributed by atoms with Crippen LogP contribution in [0, 0.1) is 11.8 Å². The summed E-state index contributed by atoms with van der Waals surface area (Å²) in [6.07, 6.45) is 4.74. The second kappa shape index (κ2) is 4.99. The predicted octanol–water partition coefficient (Wildman–Crippen LogP) is 1.36. The van der Waals surface area contributed by atoms with Crippen molar-refractivity contribution in [3.8, 4) is 0 Å². The van der Waals surface area contributed by atoms with Crippen LogP contribution in [0.3, 0.4) is 0 Å². The third-order valence-electron chi connectivity index (χ3n) is 3.43. The molecule has 2 aliphatic rings. The van der Waals surface area contributed by atoms with Crippen molar-refractivity contribution in [2.45, 2.75) is 31.7 Å². The van der Waals surface area contributed by atoms with Gasteiger partial charge in [0, 0.05) is 6.04 Å². The molecule has 4 heteroatoms. The van der Waals surface area contributed by atoms with E-state index < -0.39 is 0 Å². The second-order valence-corrected chi connectivity index (χ2v) is 4.09. The molecule has 0 amide bonds. The number of nitrogens with one attached hydrogen (secondary N) is 1. The number of halogens is 1. The summed E-state index contributed by atoms with van der Waals surface area (Å²) in [7, 11) is 1.49. The predicted molar refractivity (Wildman–Crippen MR) is 56.5 cm³/mol. The maximum Gasteiger partial charge on any atom is 0.310 e. The molecule has 1 aliphatic carbocycles. The Hall–Kier alpha value is -0.280. The molecule has 0 unspecified atom stereocenters. The van der Waals surface area contributed by atoms with Crippen LogP contribution in [0.25, 0.3) is 0 Å². The van der Waals surface area contributed by atoms with Gasteiger partial charge in [0.1, 0.15) is 0 Å². The fraction of sp³-hybridized carbons (Fsp3) is 0.900. The van der Waals surface area contributed by atoms with E-state index in [-0.39, 0.29) is 24.3 Å². The van der Waals surface area contributed by atoms with Gasteiger partial charge in [-0.05, 0) is 31.7 Å². The van der Waals surface area contributed by atoms with Gasteiger partial charge in [0.05, 0.1) is 13.0 Å². The van der Waals surface area contributed by atoms with Crippen LogP contribution in [-0.2, 0) is 9.53 Å². The maximum atomic E-state index is 11.5. The lowest BCUT2D eigenvalue weighted by atomic mass is 9.72. The number of piperidine rings is 1. The van der Waals surface area contributed by atoms with E-state index in [9.17, 15) is 4.79 Å². The van der Waals surface area contributed by atoms with Crippen LogP contribution in [0.1, 0.15) is 25.7 Å². The molecule has 82 valence electrons. The van der Waals surface area contributed by atoms with Crippen molar-refractivity contribution in [1.29, 1.82) is 0 Å². The van der Waals surface area contributed by atoms with E-state index in [0.29, 0.717) is 12.0 Å². The minimum atomic E-state index is -0.0121. The molecular weight excluding hydrogens is 202 g/mol. The van der Waals surface area contributed by atoms with E-state index in [1.807, 2.05) is 0 Å². The van der Waals surface area contributed by atoms with Crippen LogP contribution in [0.4, 0.5) is 0 Å². The minimum Gasteiger partial charge on any atom is -0.469 e. The second-order valence-electron chi connectivity index (χ2n) is 4.09. The molecule has 2 bridgehead atoms. The van der Waals surface area contributed by atoms with E-state index in [1.54, 1.807) is 0 Å². The summed E-state index contributed by atoms with van der Waals surface area (Å²) in [5.41, 5.74) is 0. The zero-order valence-electron chi connectivity index (χ0n) is 8.49. The molecule has 0 aromatic heterocycles. The van der Waals surface area contributed by atoms with E-state index >= 15 is 0 Å². The van der Waals surface area contributed by atoms with Crippen LogP contribution in [0.2, 0.25) is 0 Å². The molecule has 1 saturated heterocycles. The van der Waals surface area contributed by atoms with Crippen molar-refractivity contribution in [2.24, 2.45) is 11.8 Å². The lowest BCUT2D eigenvalue weighted by molar-refractivity contribution is -0.151. The van der Waals surface area contributed by atoms with Crippen LogP contribution < -0.4 is 5.32 Å². The Labute approximate surface area is 91.0 Å². The Balaban J connectivity index is 0.000000980. The highest BCUT2D eigenvalue weighted by Crippen LogP contribution is 2.35. The van der Waals surface area contributed by atoms with Gasteiger partial charge in [-0.25, -0.2) is 0 Å². The zero-order chi connectivity index (χ0) is 9.26. The summed E-state index contributed by atoms with van der Waals surface area (Å²) in [4.78, 5) is 11.5. The summed E-state index contributed by atoms with van der Waals surface area (Å²) in [5, 5.41) is 3.41. The monoisotopic (exact) mass is 219 g/mol. The van der Waals surface area contributed by atoms with Gasteiger partial charge in [-0.3, -0.25) is 4.79 Å². The lowest BCUT2D eigenvalue weighted by Crippen LogP contribution is -2.52. The van der Waals surface area contributed by atoms with Crippen molar-refractivity contribution in [2.75, 3.05) is 13.7 Å². The van der Waals surface area contributed by atoms with Gasteiger partial charge < -0.3 is 10.1 Å². The molecular formula is C10H18ClNO2. The number of ether oxygens (including phenoxy) is 1. The Morgan fingerprint density at radius 2 is 2.14 bits per heavy atom. The number of hydrogen-bond acceptors (Lipinski definition) is 3. The Bertz CT molecular complexity index is 188. The smallest absolute Gasteiger partial charge is 0.310 e. The molecule has 2 fully saturated rings. The molecule has 2 rings (SSSR count). The van der Waals surface area contributed by atoms with Gasteiger partial charge >= 0.3 is 5.97 Å². The number of hydrogen-bond donors (Lipinski definition) is 1. The molecule has 1 saturated carbocycles. The Kier molecular flexibility index (Phi) is 4.20. The molecule has 14 heavy (non-hydrogen) atoms. The highest BCUT2D eigenvalue weighted by atomic mass is 35.5. The van der Waals surface area contributed by atoms with Gasteiger partial charge in [0.25, 0.3) is 0 Å².